The molecule has 0 unspecified atom stereocenters. The topological polar surface area (TPSA) is 94.1 Å². The van der Waals surface area contributed by atoms with E-state index >= 15 is 0 Å². The fraction of sp³-hybridized carbons (Fsp3) is 0.158. The number of hydrogen-bond acceptors (Lipinski definition) is 5. The van der Waals surface area contributed by atoms with Crippen LogP contribution in [0, 0.1) is 0 Å². The van der Waals surface area contributed by atoms with E-state index in [-0.39, 0.29) is 18.1 Å². The summed E-state index contributed by atoms with van der Waals surface area (Å²) in [6.07, 6.45) is 1.71. The highest BCUT2D eigenvalue weighted by atomic mass is 16.5. The largest absolute Gasteiger partial charge is 0.493 e. The molecule has 0 aliphatic carbocycles. The van der Waals surface area contributed by atoms with Crippen LogP contribution in [-0.4, -0.2) is 37.8 Å². The first kappa shape index (κ1) is 17.3. The van der Waals surface area contributed by atoms with Gasteiger partial charge >= 0.3 is 5.97 Å². The third-order valence-corrected chi connectivity index (χ3v) is 3.89. The lowest BCUT2D eigenvalue weighted by atomic mass is 10.1. The lowest BCUT2D eigenvalue weighted by Crippen LogP contribution is -2.21. The van der Waals surface area contributed by atoms with Gasteiger partial charge in [0.25, 0.3) is 5.91 Å². The normalized spacial score (nSPS) is 12.3. The van der Waals surface area contributed by atoms with Gasteiger partial charge in [0, 0.05) is 17.3 Å². The molecule has 0 bridgehead atoms. The van der Waals surface area contributed by atoms with E-state index in [4.69, 9.17) is 19.3 Å². The molecule has 134 valence electrons. The first-order valence-corrected chi connectivity index (χ1v) is 7.76. The number of ether oxygens (including phenoxy) is 3. The smallest absolute Gasteiger partial charge is 0.335 e. The van der Waals surface area contributed by atoms with Crippen molar-refractivity contribution in [3.05, 3.63) is 53.1 Å². The Balaban J connectivity index is 1.84. The molecule has 0 atom stereocenters. The number of aromatic carboxylic acids is 1. The zero-order chi connectivity index (χ0) is 18.7. The van der Waals surface area contributed by atoms with Crippen LogP contribution in [0.15, 0.2) is 42.0 Å². The van der Waals surface area contributed by atoms with Crippen LogP contribution >= 0.6 is 0 Å². The van der Waals surface area contributed by atoms with Crippen molar-refractivity contribution in [1.82, 2.24) is 0 Å². The van der Waals surface area contributed by atoms with Gasteiger partial charge in [-0.25, -0.2) is 4.79 Å². The summed E-state index contributed by atoms with van der Waals surface area (Å²) < 4.78 is 16.1. The van der Waals surface area contributed by atoms with Gasteiger partial charge in [0.05, 0.1) is 25.4 Å². The van der Waals surface area contributed by atoms with Crippen LogP contribution in [0.4, 0.5) is 5.69 Å². The molecule has 0 saturated heterocycles. The van der Waals surface area contributed by atoms with Crippen molar-refractivity contribution in [3.63, 3.8) is 0 Å². The van der Waals surface area contributed by atoms with Gasteiger partial charge in [0.1, 0.15) is 12.4 Å². The molecule has 3 rings (SSSR count). The molecule has 0 aromatic heterocycles. The van der Waals surface area contributed by atoms with E-state index in [9.17, 15) is 9.59 Å². The van der Waals surface area contributed by atoms with Gasteiger partial charge < -0.3 is 24.6 Å². The quantitative estimate of drug-likeness (QED) is 0.856. The summed E-state index contributed by atoms with van der Waals surface area (Å²) in [7, 11) is 3.06. The van der Waals surface area contributed by atoms with E-state index in [2.05, 4.69) is 5.32 Å². The summed E-state index contributed by atoms with van der Waals surface area (Å²) in [5, 5.41) is 11.7. The van der Waals surface area contributed by atoms with Crippen LogP contribution < -0.4 is 19.5 Å². The molecule has 0 spiro atoms. The molecule has 7 nitrogen and oxygen atoms in total. The highest BCUT2D eigenvalue weighted by Gasteiger charge is 2.20. The molecule has 0 fully saturated rings. The molecule has 1 aliphatic rings. The molecule has 0 radical (unpaired) electrons. The van der Waals surface area contributed by atoms with Gasteiger partial charge in [0.2, 0.25) is 0 Å². The summed E-state index contributed by atoms with van der Waals surface area (Å²) in [6, 6.07) is 9.47. The second-order valence-corrected chi connectivity index (χ2v) is 5.54. The zero-order valence-electron chi connectivity index (χ0n) is 14.2. The summed E-state index contributed by atoms with van der Waals surface area (Å²) in [5.41, 5.74) is 1.59. The van der Waals surface area contributed by atoms with Gasteiger partial charge in [-0.3, -0.25) is 4.79 Å². The second-order valence-electron chi connectivity index (χ2n) is 5.54. The Hall–Kier alpha value is -3.48. The standard InChI is InChI=1S/C19H17NO6/c1-24-16-8-12-6-13(10-26-15(12)9-17(16)25-2)18(21)20-14-5-3-4-11(7-14)19(22)23/h3-9H,10H2,1-2H3,(H,20,21)(H,22,23). The van der Waals surface area contributed by atoms with Gasteiger partial charge in [0.15, 0.2) is 11.5 Å². The lowest BCUT2D eigenvalue weighted by molar-refractivity contribution is -0.113. The lowest BCUT2D eigenvalue weighted by Gasteiger charge is -2.19. The van der Waals surface area contributed by atoms with Gasteiger partial charge in [-0.1, -0.05) is 6.07 Å². The summed E-state index contributed by atoms with van der Waals surface area (Å²) in [4.78, 5) is 23.5. The SMILES string of the molecule is COc1cc2c(cc1OC)OCC(C(=O)Nc1cccc(C(=O)O)c1)=C2. The van der Waals surface area contributed by atoms with Crippen molar-refractivity contribution in [2.24, 2.45) is 0 Å². The third kappa shape index (κ3) is 3.46. The van der Waals surface area contributed by atoms with Crippen LogP contribution in [0.1, 0.15) is 15.9 Å². The zero-order valence-corrected chi connectivity index (χ0v) is 14.2. The maximum atomic E-state index is 12.5. The molecule has 0 saturated carbocycles. The van der Waals surface area contributed by atoms with Gasteiger partial charge in [-0.15, -0.1) is 0 Å². The number of amides is 1. The number of carbonyl (C=O) groups is 2. The van der Waals surface area contributed by atoms with E-state index in [0.717, 1.165) is 0 Å². The Labute approximate surface area is 149 Å². The first-order chi connectivity index (χ1) is 12.5. The number of hydrogen-bond donors (Lipinski definition) is 2. The van der Waals surface area contributed by atoms with Crippen LogP contribution in [0.25, 0.3) is 6.08 Å². The number of carboxylic acids is 1. The van der Waals surface area contributed by atoms with Crippen LogP contribution in [0.5, 0.6) is 17.2 Å². The molecule has 7 heteroatoms. The Morgan fingerprint density at radius 2 is 1.85 bits per heavy atom. The van der Waals surface area contributed by atoms with Crippen molar-refractivity contribution in [2.45, 2.75) is 0 Å². The first-order valence-electron chi connectivity index (χ1n) is 7.76. The molecule has 1 heterocycles. The van der Waals surface area contributed by atoms with Crippen LogP contribution in [-0.2, 0) is 4.79 Å². The number of methoxy groups -OCH3 is 2. The van der Waals surface area contributed by atoms with Crippen LogP contribution in [0.3, 0.4) is 0 Å². The number of rotatable bonds is 5. The predicted octanol–water partition coefficient (Wildman–Crippen LogP) is 2.82. The number of fused-ring (bicyclic) bond motifs is 1. The Kier molecular flexibility index (Phi) is 4.79. The molecule has 1 amide bonds. The summed E-state index contributed by atoms with van der Waals surface area (Å²) >= 11 is 0. The fourth-order valence-electron chi connectivity index (χ4n) is 2.57. The molecule has 2 N–H and O–H groups in total. The minimum absolute atomic E-state index is 0.0902. The molecule has 26 heavy (non-hydrogen) atoms. The predicted molar refractivity (Wildman–Crippen MR) is 95.0 cm³/mol. The van der Waals surface area contributed by atoms with Gasteiger partial charge in [-0.05, 0) is 30.3 Å². The average Bonchev–Trinajstić information content (AvgIpc) is 2.66. The number of carbonyl (C=O) groups excluding carboxylic acids is 1. The number of benzene rings is 2. The average molecular weight is 355 g/mol. The minimum Gasteiger partial charge on any atom is -0.493 e. The van der Waals surface area contributed by atoms with Crippen molar-refractivity contribution < 1.29 is 28.9 Å². The Bertz CT molecular complexity index is 903. The van der Waals surface area contributed by atoms with Crippen LogP contribution in [0.2, 0.25) is 0 Å². The molecule has 2 aromatic rings. The van der Waals surface area contributed by atoms with E-state index in [1.807, 2.05) is 0 Å². The second kappa shape index (κ2) is 7.18. The molecule has 1 aliphatic heterocycles. The molecule has 2 aromatic carbocycles. The van der Waals surface area contributed by atoms with E-state index in [1.54, 1.807) is 30.3 Å². The Morgan fingerprint density at radius 3 is 2.54 bits per heavy atom. The number of anilines is 1. The highest BCUT2D eigenvalue weighted by Crippen LogP contribution is 2.37. The van der Waals surface area contributed by atoms with Crippen molar-refractivity contribution in [1.29, 1.82) is 0 Å². The maximum absolute atomic E-state index is 12.5. The Morgan fingerprint density at radius 1 is 1.12 bits per heavy atom. The third-order valence-electron chi connectivity index (χ3n) is 3.89. The number of carboxylic acid groups (broad SMARTS) is 1. The van der Waals surface area contributed by atoms with E-state index in [1.165, 1.54) is 26.4 Å². The summed E-state index contributed by atoms with van der Waals surface area (Å²) in [6.45, 7) is 0.0902. The monoisotopic (exact) mass is 355 g/mol. The summed E-state index contributed by atoms with van der Waals surface area (Å²) in [5.74, 6) is 0.233. The molecular weight excluding hydrogens is 338 g/mol. The van der Waals surface area contributed by atoms with E-state index < -0.39 is 5.97 Å². The van der Waals surface area contributed by atoms with Crippen molar-refractivity contribution in [3.8, 4) is 17.2 Å². The highest BCUT2D eigenvalue weighted by molar-refractivity contribution is 6.08. The fourth-order valence-corrected chi connectivity index (χ4v) is 2.57. The minimum atomic E-state index is -1.06. The molecular formula is C19H17NO6. The van der Waals surface area contributed by atoms with Crippen molar-refractivity contribution in [2.75, 3.05) is 26.1 Å². The maximum Gasteiger partial charge on any atom is 0.335 e. The number of nitrogens with one attached hydrogen (secondary N) is 1. The van der Waals surface area contributed by atoms with E-state index in [0.29, 0.717) is 34.1 Å². The van der Waals surface area contributed by atoms with Gasteiger partial charge in [-0.2, -0.15) is 0 Å². The van der Waals surface area contributed by atoms with Crippen molar-refractivity contribution >= 4 is 23.6 Å².